The summed E-state index contributed by atoms with van der Waals surface area (Å²) in [7, 11) is 0. The number of rotatable bonds is 4. The number of ketones is 2. The zero-order chi connectivity index (χ0) is 52.5. The molecule has 3 saturated heterocycles. The lowest BCUT2D eigenvalue weighted by atomic mass is 9.27. The number of ether oxygens (including phenoxy) is 3. The lowest BCUT2D eigenvalue weighted by Crippen LogP contribution is -2.80. The highest BCUT2D eigenvalue weighted by molar-refractivity contribution is 6.05. The minimum atomic E-state index is -2.08. The highest BCUT2D eigenvalue weighted by Crippen LogP contribution is 2.87. The van der Waals surface area contributed by atoms with Gasteiger partial charge in [0.1, 0.15) is 17.8 Å². The fourth-order valence-corrected chi connectivity index (χ4v) is 30.8. The van der Waals surface area contributed by atoms with Crippen LogP contribution >= 0.6 is 0 Å². The average Bonchev–Trinajstić information content (AvgIpc) is 4.07. The van der Waals surface area contributed by atoms with E-state index in [-0.39, 0.29) is 94.6 Å². The first-order valence-electron chi connectivity index (χ1n) is 31.5. The Hall–Kier alpha value is -2.41. The zero-order valence-electron chi connectivity index (χ0n) is 45.9. The van der Waals surface area contributed by atoms with E-state index in [9.17, 15) is 25.2 Å². The highest BCUT2D eigenvalue weighted by Gasteiger charge is 2.89. The van der Waals surface area contributed by atoms with Gasteiger partial charge in [0.05, 0.1) is 48.1 Å². The van der Waals surface area contributed by atoms with Crippen LogP contribution in [0, 0.1) is 249 Å². The Morgan fingerprint density at radius 2 is 1.08 bits per heavy atom. The number of carboxylic acid groups (broad SMARTS) is 1. The summed E-state index contributed by atoms with van der Waals surface area (Å²) in [5, 5.41) is 51.9. The molecule has 411 valence electrons. The smallest absolute Gasteiger partial charge is 0.314 e. The van der Waals surface area contributed by atoms with Gasteiger partial charge in [-0.05, 0) is 190 Å². The Kier molecular flexibility index (Phi) is 8.86. The molecule has 3 heterocycles. The number of aliphatic hydroxyl groups is 3. The van der Waals surface area contributed by atoms with Crippen molar-refractivity contribution in [2.75, 3.05) is 0 Å². The van der Waals surface area contributed by atoms with Crippen LogP contribution in [0.2, 0.25) is 0 Å². The first-order chi connectivity index (χ1) is 36.2. The minimum Gasteiger partial charge on any atom is -0.481 e. The van der Waals surface area contributed by atoms with Gasteiger partial charge in [0, 0.05) is 29.6 Å². The van der Waals surface area contributed by atoms with Crippen molar-refractivity contribution >= 4 is 29.5 Å². The fraction of sp³-hybridized carbons (Fsp3) is 0.906. The maximum atomic E-state index is 16.3. The van der Waals surface area contributed by atoms with Crippen molar-refractivity contribution in [3.8, 4) is 0 Å². The molecule has 18 fully saturated rings. The summed E-state index contributed by atoms with van der Waals surface area (Å²) in [6, 6.07) is 0. The number of esters is 2. The molecule has 46 atom stereocenters. The van der Waals surface area contributed by atoms with Crippen LogP contribution in [0.4, 0.5) is 0 Å². The first-order valence-corrected chi connectivity index (χ1v) is 31.5. The van der Waals surface area contributed by atoms with Crippen molar-refractivity contribution in [3.63, 3.8) is 0 Å². The number of aliphatic hydroxyl groups excluding tert-OH is 2. The maximum absolute atomic E-state index is 16.3. The van der Waals surface area contributed by atoms with Crippen LogP contribution in [0.3, 0.4) is 0 Å². The van der Waals surface area contributed by atoms with E-state index in [1.54, 1.807) is 0 Å². The van der Waals surface area contributed by atoms with E-state index in [4.69, 9.17) is 14.2 Å². The van der Waals surface area contributed by atoms with Crippen LogP contribution in [0.15, 0.2) is 0 Å². The summed E-state index contributed by atoms with van der Waals surface area (Å²) >= 11 is 0. The minimum absolute atomic E-state index is 0.0212. The van der Waals surface area contributed by atoms with Crippen LogP contribution in [-0.4, -0.2) is 86.2 Å². The standard InChI is InChI=1S/C64H83O12/c1-11-14(4)24-27-16(6)18(8)28-29-17(7)15(5)26-23(13(2)3)19(9)25-20(10)55(66)50-41-32(25)33(26)36(29)40-37-35(28)34(27)39-38(37)43-45-30-21(12-22(65)53(30)64(73)54(43)49(63(72)76-64)44(39)56(24)67)31-46-42-48(51(57(31)68)61(69)70)62(71)75-60(50)52(42)59(47(40)41)74-58(45)46/h12-54,56,58-60,65,67,73H,11H2,1-10H3,(H,69,70). The third kappa shape index (κ3) is 4.53. The normalized spacial score (nSPS) is 70.1. The quantitative estimate of drug-likeness (QED) is 0.186. The van der Waals surface area contributed by atoms with Crippen molar-refractivity contribution in [1.29, 1.82) is 0 Å². The van der Waals surface area contributed by atoms with Crippen molar-refractivity contribution in [2.24, 2.45) is 243 Å². The summed E-state index contributed by atoms with van der Waals surface area (Å²) in [5.74, 6) is -10.0. The van der Waals surface area contributed by atoms with E-state index in [0.717, 1.165) is 6.42 Å². The van der Waals surface area contributed by atoms with Crippen molar-refractivity contribution in [1.82, 2.24) is 0 Å². The molecule has 6 bridgehead atoms. The monoisotopic (exact) mass is 1040 g/mol. The molecule has 3 aliphatic heterocycles. The number of carbonyl (C=O) groups is 5. The van der Waals surface area contributed by atoms with Gasteiger partial charge in [-0.15, -0.1) is 0 Å². The highest BCUT2D eigenvalue weighted by atomic mass is 16.7. The van der Waals surface area contributed by atoms with Gasteiger partial charge in [-0.25, -0.2) is 0 Å². The summed E-state index contributed by atoms with van der Waals surface area (Å²) < 4.78 is 21.9. The summed E-state index contributed by atoms with van der Waals surface area (Å²) in [6.45, 7) is 24.5. The maximum Gasteiger partial charge on any atom is 0.314 e. The van der Waals surface area contributed by atoms with Gasteiger partial charge < -0.3 is 34.6 Å². The molecule has 15 saturated carbocycles. The average molecular weight is 1040 g/mol. The third-order valence-electron chi connectivity index (χ3n) is 31.4. The molecular formula is C64H83O12. The van der Waals surface area contributed by atoms with Crippen LogP contribution in [0.1, 0.15) is 75.7 Å². The molecule has 0 aromatic carbocycles. The van der Waals surface area contributed by atoms with Gasteiger partial charge in [0.25, 0.3) is 0 Å². The zero-order valence-corrected chi connectivity index (χ0v) is 45.9. The lowest BCUT2D eigenvalue weighted by Gasteiger charge is -2.78. The van der Waals surface area contributed by atoms with Gasteiger partial charge in [0.2, 0.25) is 5.79 Å². The summed E-state index contributed by atoms with van der Waals surface area (Å²) in [4.78, 5) is 76.8. The SMILES string of the molecule is CCC(C)C1C(O)C2C3C(=O)OC4(O)C5C(O)[CH]C6C7C(=O)C(C(=O)O)C8C(=O)OC9C%10C(=O)C(C)C%11C(C)C(C(C)C)C%12C(C)C(C)C%13C%14C(C)C(C)C1C1C2C2C(C%141)C1C(C%14OC(C7C8C9%14)C(C65)C2C34)C%10C%11C%12C%131. The van der Waals surface area contributed by atoms with Crippen molar-refractivity contribution in [3.05, 3.63) is 6.42 Å². The largest absolute Gasteiger partial charge is 0.481 e. The molecule has 12 nitrogen and oxygen atoms in total. The second-order valence-electron chi connectivity index (χ2n) is 31.8. The van der Waals surface area contributed by atoms with Gasteiger partial charge in [-0.3, -0.25) is 24.0 Å². The first kappa shape index (κ1) is 47.3. The Balaban J connectivity index is 0.981. The van der Waals surface area contributed by atoms with E-state index in [1.165, 1.54) is 0 Å². The predicted molar refractivity (Wildman–Crippen MR) is 268 cm³/mol. The third-order valence-corrected chi connectivity index (χ3v) is 31.4. The summed E-state index contributed by atoms with van der Waals surface area (Å²) in [5.41, 5.74) is 0. The number of hydrogen-bond acceptors (Lipinski definition) is 11. The molecule has 15 aliphatic carbocycles. The van der Waals surface area contributed by atoms with E-state index in [1.807, 2.05) is 6.42 Å². The van der Waals surface area contributed by atoms with Gasteiger partial charge in [-0.2, -0.15) is 0 Å². The molecule has 1 radical (unpaired) electrons. The number of hydrogen-bond donors (Lipinski definition) is 4. The Labute approximate surface area is 447 Å². The van der Waals surface area contributed by atoms with Crippen LogP contribution < -0.4 is 0 Å². The van der Waals surface area contributed by atoms with Crippen LogP contribution in [0.5, 0.6) is 0 Å². The van der Waals surface area contributed by atoms with E-state index >= 15 is 19.2 Å². The van der Waals surface area contributed by atoms with Gasteiger partial charge in [0.15, 0.2) is 5.78 Å². The number of carboxylic acids is 1. The van der Waals surface area contributed by atoms with Crippen LogP contribution in [0.25, 0.3) is 0 Å². The molecule has 12 heteroatoms. The molecule has 0 spiro atoms. The van der Waals surface area contributed by atoms with Crippen molar-refractivity contribution < 1.29 is 58.6 Å². The fourth-order valence-electron chi connectivity index (χ4n) is 30.8. The molecule has 0 aromatic rings. The van der Waals surface area contributed by atoms with E-state index in [2.05, 4.69) is 69.2 Å². The van der Waals surface area contributed by atoms with Crippen molar-refractivity contribution in [2.45, 2.75) is 112 Å². The number of fused-ring (bicyclic) bond motifs is 5. The molecule has 46 unspecified atom stereocenters. The molecule has 18 aliphatic rings. The lowest BCUT2D eigenvalue weighted by molar-refractivity contribution is -0.358. The van der Waals surface area contributed by atoms with Gasteiger partial charge in [-0.1, -0.05) is 75.7 Å². The topological polar surface area (TPSA) is 194 Å². The number of Topliss-reactive ketones (excluding diaryl/α,β-unsaturated/α-hetero) is 2. The Morgan fingerprint density at radius 3 is 1.72 bits per heavy atom. The second kappa shape index (κ2) is 14.2. The Bertz CT molecular complexity index is 2710. The second-order valence-corrected chi connectivity index (χ2v) is 31.8. The molecule has 76 heavy (non-hydrogen) atoms. The molecule has 0 amide bonds. The molecule has 18 rings (SSSR count). The number of carbonyl (C=O) groups excluding carboxylic acids is 4. The molecule has 4 N–H and O–H groups in total. The predicted octanol–water partition coefficient (Wildman–Crippen LogP) is 6.13. The molecule has 0 aromatic heterocycles. The Morgan fingerprint density at radius 1 is 0.539 bits per heavy atom. The summed E-state index contributed by atoms with van der Waals surface area (Å²) in [6.07, 6.45) is -1.20. The van der Waals surface area contributed by atoms with Gasteiger partial charge >= 0.3 is 17.9 Å². The van der Waals surface area contributed by atoms with E-state index in [0.29, 0.717) is 76.9 Å². The number of aliphatic carboxylic acids is 1. The van der Waals surface area contributed by atoms with Crippen LogP contribution in [-0.2, 0) is 38.2 Å². The molecular weight excluding hydrogens is 961 g/mol. The van der Waals surface area contributed by atoms with E-state index < -0.39 is 137 Å².